The van der Waals surface area contributed by atoms with E-state index in [1.807, 2.05) is 18.2 Å². The van der Waals surface area contributed by atoms with Crippen LogP contribution in [0.15, 0.2) is 24.3 Å². The lowest BCUT2D eigenvalue weighted by atomic mass is 9.78. The molecule has 36 heavy (non-hydrogen) atoms. The normalized spacial score (nSPS) is 26.6. The number of benzene rings is 1. The number of amides is 3. The van der Waals surface area contributed by atoms with Crippen molar-refractivity contribution in [2.24, 2.45) is 17.8 Å². The van der Waals surface area contributed by atoms with E-state index in [0.717, 1.165) is 43.0 Å². The first-order valence-electron chi connectivity index (χ1n) is 12.9. The number of carbonyl (C=O) groups is 3. The summed E-state index contributed by atoms with van der Waals surface area (Å²) in [5.74, 6) is 0.151. The van der Waals surface area contributed by atoms with Crippen molar-refractivity contribution in [3.63, 3.8) is 0 Å². The number of nitriles is 1. The van der Waals surface area contributed by atoms with E-state index in [2.05, 4.69) is 21.7 Å². The van der Waals surface area contributed by atoms with Crippen molar-refractivity contribution in [3.05, 3.63) is 30.0 Å². The summed E-state index contributed by atoms with van der Waals surface area (Å²) in [6.45, 7) is 1.18. The van der Waals surface area contributed by atoms with Crippen molar-refractivity contribution >= 4 is 28.6 Å². The average molecular weight is 492 g/mol. The fourth-order valence-corrected chi connectivity index (χ4v) is 6.34. The van der Waals surface area contributed by atoms with Crippen LogP contribution in [0, 0.1) is 29.1 Å². The topological polar surface area (TPSA) is 127 Å². The molecule has 0 radical (unpaired) electrons. The summed E-state index contributed by atoms with van der Waals surface area (Å²) in [5, 5.41) is 16.3. The first-order valence-corrected chi connectivity index (χ1v) is 12.9. The van der Waals surface area contributed by atoms with E-state index in [9.17, 15) is 19.6 Å². The van der Waals surface area contributed by atoms with E-state index in [1.165, 1.54) is 0 Å². The first-order chi connectivity index (χ1) is 17.5. The fourth-order valence-electron chi connectivity index (χ4n) is 6.34. The minimum absolute atomic E-state index is 0.0602. The highest BCUT2D eigenvalue weighted by atomic mass is 16.5. The lowest BCUT2D eigenvalue weighted by Crippen LogP contribution is -2.52. The molecule has 3 N–H and O–H groups in total. The summed E-state index contributed by atoms with van der Waals surface area (Å²) in [5.41, 5.74) is 1.22. The van der Waals surface area contributed by atoms with Crippen molar-refractivity contribution in [1.82, 2.24) is 20.5 Å². The van der Waals surface area contributed by atoms with Crippen molar-refractivity contribution in [2.75, 3.05) is 20.2 Å². The van der Waals surface area contributed by atoms with Crippen LogP contribution in [0.4, 0.5) is 0 Å². The van der Waals surface area contributed by atoms with Gasteiger partial charge >= 0.3 is 0 Å². The number of carbonyl (C=O) groups excluding carboxylic acids is 3. The second-order valence-corrected chi connectivity index (χ2v) is 10.3. The summed E-state index contributed by atoms with van der Waals surface area (Å²) in [6, 6.07) is 8.14. The largest absolute Gasteiger partial charge is 0.496 e. The number of likely N-dealkylation sites (tertiary alicyclic amines) is 1. The SMILES string of the molecule is COc1cccc2[nH]c(C(=O)N3CC4CCCCC4C3C(=O)N[C@H](C#N)C[C@@H]3CCCNC3=O)cc12. The molecule has 0 spiro atoms. The number of hydrogen-bond acceptors (Lipinski definition) is 5. The highest BCUT2D eigenvalue weighted by molar-refractivity contribution is 6.02. The summed E-state index contributed by atoms with van der Waals surface area (Å²) in [7, 11) is 1.59. The number of piperidine rings is 1. The number of methoxy groups -OCH3 is 1. The van der Waals surface area contributed by atoms with Crippen molar-refractivity contribution in [3.8, 4) is 11.8 Å². The number of fused-ring (bicyclic) bond motifs is 2. The predicted molar refractivity (Wildman–Crippen MR) is 133 cm³/mol. The molecule has 2 saturated heterocycles. The van der Waals surface area contributed by atoms with Gasteiger partial charge in [-0.3, -0.25) is 14.4 Å². The van der Waals surface area contributed by atoms with Crippen LogP contribution in [-0.4, -0.2) is 59.9 Å². The Balaban J connectivity index is 1.38. The predicted octanol–water partition coefficient (Wildman–Crippen LogP) is 2.73. The quantitative estimate of drug-likeness (QED) is 0.573. The molecule has 1 aromatic carbocycles. The van der Waals surface area contributed by atoms with Gasteiger partial charge in [-0.05, 0) is 62.1 Å². The van der Waals surface area contributed by atoms with Gasteiger partial charge in [0.15, 0.2) is 0 Å². The van der Waals surface area contributed by atoms with E-state index in [0.29, 0.717) is 31.0 Å². The highest BCUT2D eigenvalue weighted by Gasteiger charge is 2.49. The number of nitrogens with one attached hydrogen (secondary N) is 3. The summed E-state index contributed by atoms with van der Waals surface area (Å²) < 4.78 is 5.44. The molecular formula is C27H33N5O4. The van der Waals surface area contributed by atoms with Gasteiger partial charge in [0.05, 0.1) is 13.2 Å². The van der Waals surface area contributed by atoms with E-state index in [1.54, 1.807) is 18.1 Å². The molecule has 190 valence electrons. The van der Waals surface area contributed by atoms with Crippen LogP contribution in [0.3, 0.4) is 0 Å². The average Bonchev–Trinajstić information content (AvgIpc) is 3.51. The summed E-state index contributed by atoms with van der Waals surface area (Å²) >= 11 is 0. The summed E-state index contributed by atoms with van der Waals surface area (Å²) in [6.07, 6.45) is 5.86. The molecule has 9 nitrogen and oxygen atoms in total. The molecule has 9 heteroatoms. The van der Waals surface area contributed by atoms with Gasteiger partial charge in [0.25, 0.3) is 5.91 Å². The maximum absolute atomic E-state index is 13.7. The molecule has 3 amide bonds. The van der Waals surface area contributed by atoms with Crippen LogP contribution >= 0.6 is 0 Å². The number of aromatic amines is 1. The number of nitrogens with zero attached hydrogens (tertiary/aromatic N) is 2. The Kier molecular flexibility index (Phi) is 6.86. The highest BCUT2D eigenvalue weighted by Crippen LogP contribution is 2.41. The Labute approximate surface area is 210 Å². The van der Waals surface area contributed by atoms with Crippen LogP contribution < -0.4 is 15.4 Å². The van der Waals surface area contributed by atoms with Gasteiger partial charge in [-0.15, -0.1) is 0 Å². The number of hydrogen-bond donors (Lipinski definition) is 3. The molecule has 0 bridgehead atoms. The first kappa shape index (κ1) is 24.2. The zero-order valence-corrected chi connectivity index (χ0v) is 20.6. The lowest BCUT2D eigenvalue weighted by Gasteiger charge is -2.30. The van der Waals surface area contributed by atoms with Gasteiger partial charge in [0.2, 0.25) is 11.8 Å². The Morgan fingerprint density at radius 2 is 2.08 bits per heavy atom. The maximum atomic E-state index is 13.7. The number of aromatic nitrogens is 1. The Morgan fingerprint density at radius 1 is 1.25 bits per heavy atom. The third-order valence-electron chi connectivity index (χ3n) is 8.14. The van der Waals surface area contributed by atoms with Gasteiger partial charge in [0.1, 0.15) is 23.5 Å². The summed E-state index contributed by atoms with van der Waals surface area (Å²) in [4.78, 5) is 44.5. The molecule has 1 aromatic heterocycles. The molecule has 2 aromatic rings. The van der Waals surface area contributed by atoms with Crippen LogP contribution in [0.25, 0.3) is 10.9 Å². The second-order valence-electron chi connectivity index (χ2n) is 10.3. The third kappa shape index (κ3) is 4.52. The molecule has 1 aliphatic carbocycles. The van der Waals surface area contributed by atoms with Gasteiger partial charge in [0, 0.05) is 29.9 Å². The Hall–Kier alpha value is -3.54. The lowest BCUT2D eigenvalue weighted by molar-refractivity contribution is -0.129. The number of rotatable bonds is 6. The van der Waals surface area contributed by atoms with Crippen LogP contribution in [-0.2, 0) is 9.59 Å². The molecule has 1 saturated carbocycles. The van der Waals surface area contributed by atoms with E-state index in [-0.39, 0.29) is 41.9 Å². The third-order valence-corrected chi connectivity index (χ3v) is 8.14. The van der Waals surface area contributed by atoms with Crippen molar-refractivity contribution in [1.29, 1.82) is 5.26 Å². The standard InChI is InChI=1S/C27H33N5O4/c1-36-23-10-4-9-21-20(23)13-22(31-21)27(35)32-15-17-6-2-3-8-19(17)24(32)26(34)30-18(14-28)12-16-7-5-11-29-25(16)33/h4,9-10,13,16-19,24,31H,2-3,5-8,11-12,15H2,1H3,(H,29,33)(H,30,34)/t16-,17?,18-,19?,24?/m0/s1. The fraction of sp³-hybridized carbons (Fsp3) is 0.556. The van der Waals surface area contributed by atoms with E-state index >= 15 is 0 Å². The molecule has 3 aliphatic rings. The monoisotopic (exact) mass is 491 g/mol. The van der Waals surface area contributed by atoms with Crippen molar-refractivity contribution < 1.29 is 19.1 Å². The Morgan fingerprint density at radius 3 is 2.86 bits per heavy atom. The molecule has 3 heterocycles. The zero-order chi connectivity index (χ0) is 25.2. The van der Waals surface area contributed by atoms with Gasteiger partial charge in [-0.1, -0.05) is 18.9 Å². The van der Waals surface area contributed by atoms with Crippen LogP contribution in [0.1, 0.15) is 55.4 Å². The molecule has 5 atom stereocenters. The molecule has 3 unspecified atom stereocenters. The minimum Gasteiger partial charge on any atom is -0.496 e. The van der Waals surface area contributed by atoms with Gasteiger partial charge < -0.3 is 25.3 Å². The van der Waals surface area contributed by atoms with Crippen LogP contribution in [0.5, 0.6) is 5.75 Å². The van der Waals surface area contributed by atoms with Crippen LogP contribution in [0.2, 0.25) is 0 Å². The number of ether oxygens (including phenoxy) is 1. The van der Waals surface area contributed by atoms with Gasteiger partial charge in [-0.25, -0.2) is 0 Å². The molecule has 5 rings (SSSR count). The second kappa shape index (κ2) is 10.2. The molecular weight excluding hydrogens is 458 g/mol. The van der Waals surface area contributed by atoms with Gasteiger partial charge in [-0.2, -0.15) is 5.26 Å². The van der Waals surface area contributed by atoms with E-state index in [4.69, 9.17) is 4.74 Å². The molecule has 2 aliphatic heterocycles. The maximum Gasteiger partial charge on any atom is 0.271 e. The number of H-pyrrole nitrogens is 1. The smallest absolute Gasteiger partial charge is 0.271 e. The molecule has 3 fully saturated rings. The van der Waals surface area contributed by atoms with Crippen molar-refractivity contribution in [2.45, 2.75) is 57.0 Å². The Bertz CT molecular complexity index is 1200. The van der Waals surface area contributed by atoms with E-state index < -0.39 is 12.1 Å². The minimum atomic E-state index is -0.775. The zero-order valence-electron chi connectivity index (χ0n) is 20.6.